The van der Waals surface area contributed by atoms with E-state index in [2.05, 4.69) is 65.8 Å². The van der Waals surface area contributed by atoms with Crippen LogP contribution in [0.4, 0.5) is 0 Å². The van der Waals surface area contributed by atoms with E-state index in [1.807, 2.05) is 0 Å². The van der Waals surface area contributed by atoms with Gasteiger partial charge in [-0.3, -0.25) is 0 Å². The van der Waals surface area contributed by atoms with E-state index < -0.39 is 0 Å². The molecule has 0 fully saturated rings. The van der Waals surface area contributed by atoms with Crippen molar-refractivity contribution in [2.45, 2.75) is 157 Å². The SMILES string of the molecule is CCCCc1cc[c-](CCCC)c1CCCC.CCCCc1cc[c-](CCCC)c1CCCC.[Sr+2]. The Morgan fingerprint density at radius 1 is 0.457 bits per heavy atom. The van der Waals surface area contributed by atoms with Crippen LogP contribution in [-0.4, -0.2) is 45.5 Å². The van der Waals surface area contributed by atoms with Gasteiger partial charge in [0.2, 0.25) is 0 Å². The summed E-state index contributed by atoms with van der Waals surface area (Å²) >= 11 is 0. The molecule has 1 heteroatoms. The van der Waals surface area contributed by atoms with Gasteiger partial charge < -0.3 is 0 Å². The quantitative estimate of drug-likeness (QED) is 0.127. The first-order chi connectivity index (χ1) is 16.7. The zero-order chi connectivity index (χ0) is 25.0. The minimum Gasteiger partial charge on any atom is -0.210 e. The van der Waals surface area contributed by atoms with Crippen LogP contribution >= 0.6 is 0 Å². The van der Waals surface area contributed by atoms with E-state index in [9.17, 15) is 0 Å². The van der Waals surface area contributed by atoms with Crippen molar-refractivity contribution in [3.05, 3.63) is 57.6 Å². The fraction of sp³-hybridized carbons (Fsp3) is 0.706. The van der Waals surface area contributed by atoms with Crippen LogP contribution in [0.5, 0.6) is 0 Å². The molecule has 2 aromatic carbocycles. The van der Waals surface area contributed by atoms with Crippen molar-refractivity contribution in [2.24, 2.45) is 0 Å². The second kappa shape index (κ2) is 23.3. The Bertz CT molecular complexity index is 604. The summed E-state index contributed by atoms with van der Waals surface area (Å²) in [5, 5.41) is 0. The van der Waals surface area contributed by atoms with Crippen LogP contribution in [0.15, 0.2) is 24.3 Å². The van der Waals surface area contributed by atoms with Gasteiger partial charge in [0.25, 0.3) is 0 Å². The molecule has 2 aromatic rings. The maximum Gasteiger partial charge on any atom is 2.00 e. The van der Waals surface area contributed by atoms with Crippen LogP contribution < -0.4 is 0 Å². The monoisotopic (exact) mass is 554 g/mol. The average Bonchev–Trinajstić information content (AvgIpc) is 3.43. The molecule has 0 aliphatic rings. The van der Waals surface area contributed by atoms with Gasteiger partial charge in [0.1, 0.15) is 0 Å². The fourth-order valence-corrected chi connectivity index (χ4v) is 4.97. The fourth-order valence-electron chi connectivity index (χ4n) is 4.97. The molecule has 0 aromatic heterocycles. The Morgan fingerprint density at radius 2 is 0.771 bits per heavy atom. The molecule has 35 heavy (non-hydrogen) atoms. The molecule has 196 valence electrons. The number of aryl methyl sites for hydroxylation is 4. The molecule has 0 saturated carbocycles. The molecule has 0 heterocycles. The molecule has 0 amide bonds. The summed E-state index contributed by atoms with van der Waals surface area (Å²) in [6.07, 6.45) is 23.7. The van der Waals surface area contributed by atoms with Gasteiger partial charge in [0.05, 0.1) is 0 Å². The van der Waals surface area contributed by atoms with Crippen molar-refractivity contribution in [1.29, 1.82) is 0 Å². The molecule has 0 unspecified atom stereocenters. The maximum absolute atomic E-state index is 2.39. The number of rotatable bonds is 18. The second-order valence-electron chi connectivity index (χ2n) is 10.3. The Kier molecular flexibility index (Phi) is 23.4. The molecular weight excluding hydrogens is 496 g/mol. The minimum absolute atomic E-state index is 0. The minimum atomic E-state index is 0. The third-order valence-corrected chi connectivity index (χ3v) is 7.28. The van der Waals surface area contributed by atoms with Gasteiger partial charge in [-0.15, -0.1) is 0 Å². The van der Waals surface area contributed by atoms with Gasteiger partial charge >= 0.3 is 45.5 Å². The average molecular weight is 554 g/mol. The van der Waals surface area contributed by atoms with Crippen LogP contribution in [0.1, 0.15) is 152 Å². The standard InChI is InChI=1S/2C17H29.Sr/c2*1-4-7-10-15-13-14-16(11-8-5-2)17(15)12-9-6-3;/h2*13-14H,4-12H2,1-3H3;/q2*-1;+2. The molecule has 0 nitrogen and oxygen atoms in total. The summed E-state index contributed by atoms with van der Waals surface area (Å²) in [5.41, 5.74) is 9.98. The van der Waals surface area contributed by atoms with Crippen LogP contribution in [0.2, 0.25) is 0 Å². The predicted octanol–water partition coefficient (Wildman–Crippen LogP) is 10.5. The van der Waals surface area contributed by atoms with E-state index in [-0.39, 0.29) is 45.5 Å². The van der Waals surface area contributed by atoms with Crippen molar-refractivity contribution in [2.75, 3.05) is 0 Å². The molecular formula is C34H58Sr. The van der Waals surface area contributed by atoms with E-state index >= 15 is 0 Å². The number of unbranched alkanes of at least 4 members (excludes halogenated alkanes) is 6. The third-order valence-electron chi connectivity index (χ3n) is 7.28. The van der Waals surface area contributed by atoms with Crippen molar-refractivity contribution in [3.8, 4) is 0 Å². The van der Waals surface area contributed by atoms with Gasteiger partial charge in [-0.2, -0.15) is 45.5 Å². The first-order valence-electron chi connectivity index (χ1n) is 15.2. The molecule has 0 aliphatic carbocycles. The van der Waals surface area contributed by atoms with Crippen LogP contribution in [-0.2, 0) is 38.5 Å². The molecule has 2 rings (SSSR count). The van der Waals surface area contributed by atoms with E-state index in [0.717, 1.165) is 0 Å². The van der Waals surface area contributed by atoms with E-state index in [4.69, 9.17) is 0 Å². The molecule has 0 bridgehead atoms. The van der Waals surface area contributed by atoms with Crippen molar-refractivity contribution >= 4 is 45.5 Å². The second-order valence-corrected chi connectivity index (χ2v) is 10.3. The Balaban J connectivity index is 0.000000642. The number of hydrogen-bond donors (Lipinski definition) is 0. The van der Waals surface area contributed by atoms with Crippen LogP contribution in [0.3, 0.4) is 0 Å². The Labute approximate surface area is 258 Å². The van der Waals surface area contributed by atoms with Crippen molar-refractivity contribution < 1.29 is 0 Å². The molecule has 0 radical (unpaired) electrons. The summed E-state index contributed by atoms with van der Waals surface area (Å²) in [4.78, 5) is 0. The summed E-state index contributed by atoms with van der Waals surface area (Å²) < 4.78 is 0. The predicted molar refractivity (Wildman–Crippen MR) is 161 cm³/mol. The smallest absolute Gasteiger partial charge is 0.210 e. The summed E-state index contributed by atoms with van der Waals surface area (Å²) in [5.74, 6) is 0. The molecule has 0 spiro atoms. The zero-order valence-electron chi connectivity index (χ0n) is 24.7. The first-order valence-corrected chi connectivity index (χ1v) is 15.2. The van der Waals surface area contributed by atoms with E-state index in [1.165, 1.54) is 116 Å². The largest absolute Gasteiger partial charge is 2.00 e. The van der Waals surface area contributed by atoms with Crippen LogP contribution in [0, 0.1) is 0 Å². The van der Waals surface area contributed by atoms with Gasteiger partial charge in [-0.25, -0.2) is 12.1 Å². The Morgan fingerprint density at radius 3 is 1.09 bits per heavy atom. The topological polar surface area (TPSA) is 0 Å². The third kappa shape index (κ3) is 14.1. The normalized spacial score (nSPS) is 10.7. The van der Waals surface area contributed by atoms with Gasteiger partial charge in [-0.1, -0.05) is 157 Å². The van der Waals surface area contributed by atoms with Crippen molar-refractivity contribution in [1.82, 2.24) is 0 Å². The summed E-state index contributed by atoms with van der Waals surface area (Å²) in [6.45, 7) is 13.7. The van der Waals surface area contributed by atoms with E-state index in [1.54, 1.807) is 33.4 Å². The van der Waals surface area contributed by atoms with E-state index in [0.29, 0.717) is 0 Å². The van der Waals surface area contributed by atoms with Gasteiger partial charge in [0, 0.05) is 0 Å². The molecule has 0 N–H and O–H groups in total. The van der Waals surface area contributed by atoms with Gasteiger partial charge in [-0.05, 0) is 0 Å². The Hall–Kier alpha value is 0.181. The zero-order valence-corrected chi connectivity index (χ0v) is 28.2. The summed E-state index contributed by atoms with van der Waals surface area (Å²) in [7, 11) is 0. The van der Waals surface area contributed by atoms with Crippen LogP contribution in [0.25, 0.3) is 0 Å². The first kappa shape index (κ1) is 35.2. The molecule has 0 saturated heterocycles. The van der Waals surface area contributed by atoms with Gasteiger partial charge in [0.15, 0.2) is 0 Å². The summed E-state index contributed by atoms with van der Waals surface area (Å²) in [6, 6.07) is 9.58. The van der Waals surface area contributed by atoms with Crippen molar-refractivity contribution in [3.63, 3.8) is 0 Å². The molecule has 0 atom stereocenters. The number of hydrogen-bond acceptors (Lipinski definition) is 0. The molecule has 0 aliphatic heterocycles. The maximum atomic E-state index is 2.39.